The zero-order valence-corrected chi connectivity index (χ0v) is 12.2. The maximum absolute atomic E-state index is 9.40. The van der Waals surface area contributed by atoms with Crippen LogP contribution >= 0.6 is 11.6 Å². The van der Waals surface area contributed by atoms with Gasteiger partial charge in [-0.25, -0.2) is 0 Å². The lowest BCUT2D eigenvalue weighted by Crippen LogP contribution is -2.34. The number of hydrogen-bond acceptors (Lipinski definition) is 3. The average molecular weight is 283 g/mol. The highest BCUT2D eigenvalue weighted by Gasteiger charge is 2.16. The van der Waals surface area contributed by atoms with E-state index in [-0.39, 0.29) is 5.88 Å². The first-order chi connectivity index (χ1) is 9.19. The van der Waals surface area contributed by atoms with E-state index in [0.29, 0.717) is 6.54 Å². The van der Waals surface area contributed by atoms with Crippen LogP contribution in [-0.2, 0) is 0 Å². The van der Waals surface area contributed by atoms with Gasteiger partial charge in [0.25, 0.3) is 0 Å². The molecule has 0 amide bonds. The predicted molar refractivity (Wildman–Crippen MR) is 82.3 cm³/mol. The quantitative estimate of drug-likeness (QED) is 0.815. The molecule has 1 aliphatic rings. The third-order valence-corrected chi connectivity index (χ3v) is 3.97. The van der Waals surface area contributed by atoms with E-state index in [1.165, 1.54) is 18.5 Å². The van der Waals surface area contributed by atoms with Crippen molar-refractivity contribution in [1.82, 2.24) is 0 Å². The van der Waals surface area contributed by atoms with Gasteiger partial charge in [-0.3, -0.25) is 0 Å². The number of anilines is 2. The maximum Gasteiger partial charge on any atom is 0.0847 e. The molecule has 106 valence electrons. The first-order valence-electron chi connectivity index (χ1n) is 7.02. The Morgan fingerprint density at radius 3 is 2.79 bits per heavy atom. The van der Waals surface area contributed by atoms with E-state index >= 15 is 0 Å². The first kappa shape index (κ1) is 14.5. The van der Waals surface area contributed by atoms with Gasteiger partial charge in [0.15, 0.2) is 0 Å². The van der Waals surface area contributed by atoms with Crippen molar-refractivity contribution in [2.75, 3.05) is 35.7 Å². The van der Waals surface area contributed by atoms with Gasteiger partial charge in [-0.15, -0.1) is 11.6 Å². The highest BCUT2D eigenvalue weighted by molar-refractivity contribution is 6.18. The number of rotatable bonds is 5. The Morgan fingerprint density at radius 1 is 1.42 bits per heavy atom. The van der Waals surface area contributed by atoms with E-state index < -0.39 is 6.10 Å². The van der Waals surface area contributed by atoms with Crippen LogP contribution in [0, 0.1) is 5.92 Å². The molecule has 1 aromatic rings. The number of nitrogens with zero attached hydrogens (tertiary/aromatic N) is 1. The second-order valence-corrected chi connectivity index (χ2v) is 5.74. The lowest BCUT2D eigenvalue weighted by molar-refractivity contribution is 0.211. The zero-order chi connectivity index (χ0) is 13.7. The molecule has 4 heteroatoms. The van der Waals surface area contributed by atoms with Crippen molar-refractivity contribution in [2.24, 2.45) is 5.92 Å². The lowest BCUT2D eigenvalue weighted by atomic mass is 10.00. The Hall–Kier alpha value is -0.930. The van der Waals surface area contributed by atoms with Crippen molar-refractivity contribution in [3.05, 3.63) is 24.3 Å². The van der Waals surface area contributed by atoms with Crippen LogP contribution in [0.5, 0.6) is 0 Å². The van der Waals surface area contributed by atoms with Crippen molar-refractivity contribution in [2.45, 2.75) is 25.9 Å². The van der Waals surface area contributed by atoms with Crippen LogP contribution in [0.15, 0.2) is 24.3 Å². The standard InChI is InChI=1S/C15H23ClN2O/c1-12-3-2-8-18(11-12)14-6-4-13(5-7-14)17-10-15(19)9-16/h4-7,12,15,17,19H,2-3,8-11H2,1H3. The van der Waals surface area contributed by atoms with Gasteiger partial charge in [-0.1, -0.05) is 6.92 Å². The molecule has 3 nitrogen and oxygen atoms in total. The number of piperidine rings is 1. The molecule has 1 heterocycles. The molecule has 2 atom stereocenters. The van der Waals surface area contributed by atoms with Crippen LogP contribution in [0.4, 0.5) is 11.4 Å². The summed E-state index contributed by atoms with van der Waals surface area (Å²) in [5.74, 6) is 1.04. The van der Waals surface area contributed by atoms with E-state index in [9.17, 15) is 5.11 Å². The molecule has 0 spiro atoms. The largest absolute Gasteiger partial charge is 0.390 e. The third kappa shape index (κ3) is 4.29. The van der Waals surface area contributed by atoms with Gasteiger partial charge < -0.3 is 15.3 Å². The normalized spacial score (nSPS) is 21.2. The fourth-order valence-electron chi connectivity index (χ4n) is 2.50. The fraction of sp³-hybridized carbons (Fsp3) is 0.600. The van der Waals surface area contributed by atoms with Crippen molar-refractivity contribution in [1.29, 1.82) is 0 Å². The Bertz CT molecular complexity index is 382. The average Bonchev–Trinajstić information content (AvgIpc) is 2.45. The van der Waals surface area contributed by atoms with Gasteiger partial charge in [0.2, 0.25) is 0 Å². The smallest absolute Gasteiger partial charge is 0.0847 e. The topological polar surface area (TPSA) is 35.5 Å². The van der Waals surface area contributed by atoms with Crippen molar-refractivity contribution in [3.63, 3.8) is 0 Å². The molecule has 1 saturated heterocycles. The summed E-state index contributed by atoms with van der Waals surface area (Å²) in [6, 6.07) is 8.42. The summed E-state index contributed by atoms with van der Waals surface area (Å²) in [6.07, 6.45) is 2.12. The van der Waals surface area contributed by atoms with Crippen LogP contribution in [0.1, 0.15) is 19.8 Å². The number of halogens is 1. The molecule has 1 aromatic carbocycles. The van der Waals surface area contributed by atoms with Crippen LogP contribution in [0.25, 0.3) is 0 Å². The van der Waals surface area contributed by atoms with Crippen LogP contribution in [0.2, 0.25) is 0 Å². The molecule has 19 heavy (non-hydrogen) atoms. The summed E-state index contributed by atoms with van der Waals surface area (Å²) in [7, 11) is 0. The Balaban J connectivity index is 1.90. The van der Waals surface area contributed by atoms with Gasteiger partial charge in [0.05, 0.1) is 12.0 Å². The monoisotopic (exact) mass is 282 g/mol. The fourth-order valence-corrected chi connectivity index (χ4v) is 2.61. The summed E-state index contributed by atoms with van der Waals surface area (Å²) < 4.78 is 0. The Labute approximate surface area is 120 Å². The molecule has 2 N–H and O–H groups in total. The first-order valence-corrected chi connectivity index (χ1v) is 7.55. The molecule has 0 aromatic heterocycles. The number of alkyl halides is 1. The Morgan fingerprint density at radius 2 is 2.16 bits per heavy atom. The number of hydrogen-bond donors (Lipinski definition) is 2. The summed E-state index contributed by atoms with van der Waals surface area (Å²) in [6.45, 7) is 5.11. The number of aliphatic hydroxyl groups is 1. The predicted octanol–water partition coefficient (Wildman–Crippen LogP) is 2.93. The molecule has 0 aliphatic carbocycles. The van der Waals surface area contributed by atoms with Gasteiger partial charge in [0, 0.05) is 31.0 Å². The molecular weight excluding hydrogens is 260 g/mol. The second kappa shape index (κ2) is 7.01. The lowest BCUT2D eigenvalue weighted by Gasteiger charge is -2.32. The van der Waals surface area contributed by atoms with E-state index in [1.54, 1.807) is 0 Å². The van der Waals surface area contributed by atoms with E-state index in [1.807, 2.05) is 0 Å². The van der Waals surface area contributed by atoms with Gasteiger partial charge >= 0.3 is 0 Å². The molecule has 1 fully saturated rings. The maximum atomic E-state index is 9.40. The third-order valence-electron chi connectivity index (χ3n) is 3.61. The molecule has 0 saturated carbocycles. The van der Waals surface area contributed by atoms with E-state index in [0.717, 1.165) is 24.7 Å². The molecule has 0 bridgehead atoms. The SMILES string of the molecule is CC1CCCN(c2ccc(NCC(O)CCl)cc2)C1. The van der Waals surface area contributed by atoms with Crippen molar-refractivity contribution in [3.8, 4) is 0 Å². The zero-order valence-electron chi connectivity index (χ0n) is 11.5. The molecular formula is C15H23ClN2O. The highest BCUT2D eigenvalue weighted by Crippen LogP contribution is 2.24. The van der Waals surface area contributed by atoms with Crippen molar-refractivity contribution < 1.29 is 5.11 Å². The number of nitrogens with one attached hydrogen (secondary N) is 1. The minimum atomic E-state index is -0.496. The summed E-state index contributed by atoms with van der Waals surface area (Å²) in [5, 5.41) is 12.6. The molecule has 2 unspecified atom stereocenters. The van der Waals surface area contributed by atoms with Crippen LogP contribution < -0.4 is 10.2 Å². The number of benzene rings is 1. The summed E-state index contributed by atoms with van der Waals surface area (Å²) in [4.78, 5) is 2.45. The minimum Gasteiger partial charge on any atom is -0.390 e. The van der Waals surface area contributed by atoms with Gasteiger partial charge in [-0.2, -0.15) is 0 Å². The molecule has 1 aliphatic heterocycles. The van der Waals surface area contributed by atoms with Crippen LogP contribution in [0.3, 0.4) is 0 Å². The minimum absolute atomic E-state index is 0.261. The summed E-state index contributed by atoms with van der Waals surface area (Å²) >= 11 is 5.56. The highest BCUT2D eigenvalue weighted by atomic mass is 35.5. The van der Waals surface area contributed by atoms with Gasteiger partial charge in [-0.05, 0) is 43.0 Å². The van der Waals surface area contributed by atoms with Gasteiger partial charge in [0.1, 0.15) is 0 Å². The van der Waals surface area contributed by atoms with Crippen LogP contribution in [-0.4, -0.2) is 36.7 Å². The molecule has 2 rings (SSSR count). The summed E-state index contributed by atoms with van der Waals surface area (Å²) in [5.41, 5.74) is 2.31. The van der Waals surface area contributed by atoms with E-state index in [2.05, 4.69) is 41.4 Å². The van der Waals surface area contributed by atoms with E-state index in [4.69, 9.17) is 11.6 Å². The Kier molecular flexibility index (Phi) is 5.34. The van der Waals surface area contributed by atoms with Crippen molar-refractivity contribution >= 4 is 23.0 Å². The second-order valence-electron chi connectivity index (χ2n) is 5.43. The molecule has 0 radical (unpaired) electrons. The number of aliphatic hydroxyl groups excluding tert-OH is 1.